The topological polar surface area (TPSA) is 110 Å². The zero-order chi connectivity index (χ0) is 38.6. The molecule has 55 heavy (non-hydrogen) atoms. The van der Waals surface area contributed by atoms with E-state index < -0.39 is 0 Å². The molecule has 2 heterocycles. The van der Waals surface area contributed by atoms with Gasteiger partial charge in [-0.15, -0.1) is 0 Å². The highest BCUT2D eigenvalue weighted by molar-refractivity contribution is 6.30. The smallest absolute Gasteiger partial charge is 0.203 e. The van der Waals surface area contributed by atoms with Gasteiger partial charge in [-0.05, 0) is 84.6 Å². The summed E-state index contributed by atoms with van der Waals surface area (Å²) in [5, 5.41) is 12.2. The minimum atomic E-state index is -0.285. The average Bonchev–Trinajstić information content (AvgIpc) is 3.72. The Morgan fingerprint density at radius 3 is 1.95 bits per heavy atom. The molecule has 12 heteroatoms. The van der Waals surface area contributed by atoms with E-state index in [-0.39, 0.29) is 12.3 Å². The van der Waals surface area contributed by atoms with E-state index in [1.54, 1.807) is 35.5 Å². The van der Waals surface area contributed by atoms with Crippen molar-refractivity contribution in [2.45, 2.75) is 70.2 Å². The van der Waals surface area contributed by atoms with Crippen LogP contribution < -0.4 is 43.8 Å². The number of nitrogens with one attached hydrogen (secondary N) is 2. The van der Waals surface area contributed by atoms with Gasteiger partial charge in [0.2, 0.25) is 5.75 Å². The van der Waals surface area contributed by atoms with Crippen LogP contribution >= 0.6 is 11.6 Å². The third-order valence-corrected chi connectivity index (χ3v) is 10.1. The third kappa shape index (κ3) is 10.0. The van der Waals surface area contributed by atoms with E-state index in [9.17, 15) is 0 Å². The Labute approximate surface area is 329 Å². The lowest BCUT2D eigenvalue weighted by Crippen LogP contribution is -2.32. The van der Waals surface area contributed by atoms with Crippen molar-refractivity contribution in [1.82, 2.24) is 5.32 Å². The standard InChI is InChI=1S/C43H52ClN3O8/c1-48-35-17-13-28(34-26-37(55-47-34)30-24-40(50-3)42(52-5)41(25-30)51-4)22-39(35)54-20-12-10-8-6-7-9-11-19-53-36-18-14-29(23-38(36)49-2)43-45-27-31-21-32(44)15-16-33(31)46-43/h13-18,21-25,37,43,45-46H,6-12,19-20,26-27H2,1-5H3. The maximum absolute atomic E-state index is 6.20. The fourth-order valence-corrected chi connectivity index (χ4v) is 7.08. The van der Waals surface area contributed by atoms with E-state index >= 15 is 0 Å². The number of rotatable bonds is 20. The monoisotopic (exact) mass is 773 g/mol. The molecule has 2 aliphatic heterocycles. The van der Waals surface area contributed by atoms with Crippen molar-refractivity contribution in [3.8, 4) is 40.2 Å². The molecular weight excluding hydrogens is 722 g/mol. The Hall–Kier alpha value is -5.00. The first kappa shape index (κ1) is 39.7. The molecule has 0 bridgehead atoms. The highest BCUT2D eigenvalue weighted by Crippen LogP contribution is 2.43. The van der Waals surface area contributed by atoms with E-state index in [0.29, 0.717) is 48.4 Å². The van der Waals surface area contributed by atoms with Gasteiger partial charge in [0.05, 0.1) is 54.5 Å². The van der Waals surface area contributed by atoms with Gasteiger partial charge in [-0.2, -0.15) is 0 Å². The van der Waals surface area contributed by atoms with Gasteiger partial charge in [-0.3, -0.25) is 5.32 Å². The molecule has 0 saturated carbocycles. The Morgan fingerprint density at radius 2 is 1.27 bits per heavy atom. The quantitative estimate of drug-likeness (QED) is 0.0843. The minimum absolute atomic E-state index is 0.0257. The van der Waals surface area contributed by atoms with Crippen molar-refractivity contribution >= 4 is 23.0 Å². The summed E-state index contributed by atoms with van der Waals surface area (Å²) < 4.78 is 40.1. The molecule has 2 aliphatic rings. The van der Waals surface area contributed by atoms with Crippen LogP contribution in [0.2, 0.25) is 5.02 Å². The first-order chi connectivity index (χ1) is 26.9. The van der Waals surface area contributed by atoms with Crippen LogP contribution in [-0.2, 0) is 11.4 Å². The zero-order valence-electron chi connectivity index (χ0n) is 32.4. The fourth-order valence-electron chi connectivity index (χ4n) is 6.89. The first-order valence-electron chi connectivity index (χ1n) is 18.9. The van der Waals surface area contributed by atoms with Crippen molar-refractivity contribution in [2.75, 3.05) is 54.1 Å². The predicted molar refractivity (Wildman–Crippen MR) is 215 cm³/mol. The highest BCUT2D eigenvalue weighted by Gasteiger charge is 2.27. The van der Waals surface area contributed by atoms with Crippen LogP contribution in [0.15, 0.2) is 71.9 Å². The van der Waals surface area contributed by atoms with Gasteiger partial charge >= 0.3 is 0 Å². The molecule has 0 radical (unpaired) electrons. The lowest BCUT2D eigenvalue weighted by molar-refractivity contribution is 0.0853. The molecule has 0 aliphatic carbocycles. The van der Waals surface area contributed by atoms with Gasteiger partial charge in [0.15, 0.2) is 40.6 Å². The number of ether oxygens (including phenoxy) is 7. The Morgan fingerprint density at radius 1 is 0.636 bits per heavy atom. The number of hydrogen-bond donors (Lipinski definition) is 2. The summed E-state index contributed by atoms with van der Waals surface area (Å²) in [5.41, 5.74) is 5.97. The zero-order valence-corrected chi connectivity index (χ0v) is 33.1. The van der Waals surface area contributed by atoms with E-state index in [1.807, 2.05) is 60.7 Å². The summed E-state index contributed by atoms with van der Waals surface area (Å²) >= 11 is 6.16. The van der Waals surface area contributed by atoms with Crippen LogP contribution in [-0.4, -0.2) is 54.5 Å². The number of methoxy groups -OCH3 is 5. The Kier molecular flexibility index (Phi) is 14.1. The van der Waals surface area contributed by atoms with Crippen LogP contribution in [0.3, 0.4) is 0 Å². The molecule has 4 aromatic carbocycles. The van der Waals surface area contributed by atoms with Crippen molar-refractivity contribution < 1.29 is 38.0 Å². The number of benzene rings is 4. The average molecular weight is 774 g/mol. The van der Waals surface area contributed by atoms with E-state index in [1.165, 1.54) is 12.8 Å². The molecule has 6 rings (SSSR count). The number of fused-ring (bicyclic) bond motifs is 1. The summed E-state index contributed by atoms with van der Waals surface area (Å²) in [6.45, 7) is 2.00. The molecule has 0 saturated heterocycles. The van der Waals surface area contributed by atoms with Gasteiger partial charge in [-0.25, -0.2) is 0 Å². The van der Waals surface area contributed by atoms with Crippen LogP contribution in [0.5, 0.6) is 40.2 Å². The molecule has 0 spiro atoms. The number of unbranched alkanes of at least 4 members (excludes halogenated alkanes) is 6. The van der Waals surface area contributed by atoms with Gasteiger partial charge in [0.1, 0.15) is 6.17 Å². The van der Waals surface area contributed by atoms with E-state index in [4.69, 9.17) is 49.6 Å². The largest absolute Gasteiger partial charge is 0.493 e. The summed E-state index contributed by atoms with van der Waals surface area (Å²) in [4.78, 5) is 5.85. The molecule has 2 atom stereocenters. The predicted octanol–water partition coefficient (Wildman–Crippen LogP) is 9.65. The van der Waals surface area contributed by atoms with E-state index in [0.717, 1.165) is 88.8 Å². The molecule has 0 fully saturated rings. The van der Waals surface area contributed by atoms with Crippen LogP contribution in [0.1, 0.15) is 85.9 Å². The number of halogens is 1. The van der Waals surface area contributed by atoms with E-state index in [2.05, 4.69) is 21.9 Å². The Bertz CT molecular complexity index is 1900. The van der Waals surface area contributed by atoms with Gasteiger partial charge in [0, 0.05) is 34.8 Å². The molecule has 2 unspecified atom stereocenters. The van der Waals surface area contributed by atoms with Crippen LogP contribution in [0, 0.1) is 0 Å². The second-order valence-electron chi connectivity index (χ2n) is 13.5. The van der Waals surface area contributed by atoms with Gasteiger partial charge in [-0.1, -0.05) is 54.9 Å². The summed E-state index contributed by atoms with van der Waals surface area (Å²) in [6, 6.07) is 21.7. The van der Waals surface area contributed by atoms with Gasteiger partial charge in [0.25, 0.3) is 0 Å². The SMILES string of the molecule is COc1cc(C2NCc3cc(Cl)ccc3N2)ccc1OCCCCCCCCCOc1cc(C2=NOC(c3cc(OC)c(OC)c(OC)c3)C2)ccc1OC. The Balaban J connectivity index is 0.875. The number of anilines is 1. The second kappa shape index (κ2) is 19.5. The van der Waals surface area contributed by atoms with Crippen molar-refractivity contribution in [3.05, 3.63) is 94.0 Å². The molecule has 294 valence electrons. The van der Waals surface area contributed by atoms with Crippen molar-refractivity contribution in [2.24, 2.45) is 5.16 Å². The van der Waals surface area contributed by atoms with Crippen molar-refractivity contribution in [1.29, 1.82) is 0 Å². The van der Waals surface area contributed by atoms with Crippen molar-refractivity contribution in [3.63, 3.8) is 0 Å². The maximum Gasteiger partial charge on any atom is 0.203 e. The molecule has 11 nitrogen and oxygen atoms in total. The summed E-state index contributed by atoms with van der Waals surface area (Å²) in [5.74, 6) is 4.57. The maximum atomic E-state index is 6.20. The molecule has 4 aromatic rings. The normalized spacial score (nSPS) is 15.9. The number of nitrogens with zero attached hydrogens (tertiary/aromatic N) is 1. The lowest BCUT2D eigenvalue weighted by atomic mass is 9.99. The summed E-state index contributed by atoms with van der Waals surface area (Å²) in [6.07, 6.45) is 7.96. The molecule has 0 aromatic heterocycles. The molecule has 0 amide bonds. The number of hydrogen-bond acceptors (Lipinski definition) is 11. The van der Waals surface area contributed by atoms with Crippen LogP contribution in [0.4, 0.5) is 5.69 Å². The third-order valence-electron chi connectivity index (χ3n) is 9.91. The minimum Gasteiger partial charge on any atom is -0.493 e. The molecule has 2 N–H and O–H groups in total. The van der Waals surface area contributed by atoms with Crippen LogP contribution in [0.25, 0.3) is 0 Å². The summed E-state index contributed by atoms with van der Waals surface area (Å²) in [7, 11) is 8.11. The van der Waals surface area contributed by atoms with Gasteiger partial charge < -0.3 is 43.3 Å². The first-order valence-corrected chi connectivity index (χ1v) is 19.2. The lowest BCUT2D eigenvalue weighted by Gasteiger charge is -2.29. The molecular formula is C43H52ClN3O8. The highest BCUT2D eigenvalue weighted by atomic mass is 35.5. The number of oxime groups is 1. The second-order valence-corrected chi connectivity index (χ2v) is 13.9. The fraction of sp³-hybridized carbons (Fsp3) is 0.419.